The molecule has 2 atom stereocenters. The monoisotopic (exact) mass is 313 g/mol. The molecule has 1 heterocycles. The van der Waals surface area contributed by atoms with Gasteiger partial charge in [0, 0.05) is 12.2 Å². The van der Waals surface area contributed by atoms with Gasteiger partial charge in [0.05, 0.1) is 5.69 Å². The second kappa shape index (κ2) is 6.15. The summed E-state index contributed by atoms with van der Waals surface area (Å²) in [5.74, 6) is 0.363. The van der Waals surface area contributed by atoms with Gasteiger partial charge in [-0.2, -0.15) is 0 Å². The van der Waals surface area contributed by atoms with Crippen LogP contribution in [0.5, 0.6) is 0 Å². The van der Waals surface area contributed by atoms with Crippen molar-refractivity contribution < 1.29 is 8.42 Å². The third-order valence-electron chi connectivity index (χ3n) is 3.72. The minimum Gasteiger partial charge on any atom is -0.388 e. The van der Waals surface area contributed by atoms with Crippen LogP contribution in [-0.2, 0) is 10.0 Å². The van der Waals surface area contributed by atoms with E-state index in [1.807, 2.05) is 0 Å². The van der Waals surface area contributed by atoms with Crippen LogP contribution in [0.2, 0.25) is 0 Å². The van der Waals surface area contributed by atoms with Crippen molar-refractivity contribution in [2.75, 3.05) is 0 Å². The molecule has 1 aliphatic carbocycles. The zero-order valence-corrected chi connectivity index (χ0v) is 13.0. The Morgan fingerprint density at radius 1 is 1.40 bits per heavy atom. The molecule has 3 N–H and O–H groups in total. The molecule has 0 spiro atoms. The lowest BCUT2D eigenvalue weighted by Crippen LogP contribution is -2.41. The lowest BCUT2D eigenvalue weighted by atomic mass is 9.87. The average molecular weight is 313 g/mol. The predicted molar refractivity (Wildman–Crippen MR) is 81.9 cm³/mol. The molecule has 20 heavy (non-hydrogen) atoms. The largest absolute Gasteiger partial charge is 0.388 e. The van der Waals surface area contributed by atoms with Crippen LogP contribution in [-0.4, -0.2) is 24.4 Å². The summed E-state index contributed by atoms with van der Waals surface area (Å²) in [6.45, 7) is 2.08. The molecular weight excluding hydrogens is 294 g/mol. The number of hydrogen-bond donors (Lipinski definition) is 2. The number of aromatic nitrogens is 1. The molecule has 110 valence electrons. The predicted octanol–water partition coefficient (Wildman–Crippen LogP) is 1.57. The van der Waals surface area contributed by atoms with Crippen molar-refractivity contribution in [2.24, 2.45) is 11.7 Å². The highest BCUT2D eigenvalue weighted by atomic mass is 32.2. The van der Waals surface area contributed by atoms with E-state index in [1.54, 1.807) is 0 Å². The number of nitrogens with two attached hydrogens (primary N) is 1. The molecule has 0 saturated heterocycles. The highest BCUT2D eigenvalue weighted by Crippen LogP contribution is 2.25. The smallest absolute Gasteiger partial charge is 0.242 e. The molecule has 0 aliphatic heterocycles. The van der Waals surface area contributed by atoms with E-state index in [4.69, 9.17) is 18.0 Å². The average Bonchev–Trinajstić information content (AvgIpc) is 2.41. The van der Waals surface area contributed by atoms with Gasteiger partial charge in [0.15, 0.2) is 0 Å². The van der Waals surface area contributed by atoms with Crippen LogP contribution in [0.15, 0.2) is 23.2 Å². The summed E-state index contributed by atoms with van der Waals surface area (Å²) < 4.78 is 27.4. The summed E-state index contributed by atoms with van der Waals surface area (Å²) >= 11 is 4.80. The molecular formula is C13H19N3O2S2. The Morgan fingerprint density at radius 2 is 2.10 bits per heavy atom. The van der Waals surface area contributed by atoms with E-state index in [0.29, 0.717) is 11.6 Å². The number of hydrogen-bond acceptors (Lipinski definition) is 4. The Morgan fingerprint density at radius 3 is 2.65 bits per heavy atom. The van der Waals surface area contributed by atoms with Crippen molar-refractivity contribution in [3.63, 3.8) is 0 Å². The van der Waals surface area contributed by atoms with Crippen molar-refractivity contribution in [2.45, 2.75) is 43.5 Å². The Balaban J connectivity index is 2.15. The number of pyridine rings is 1. The molecule has 1 fully saturated rings. The van der Waals surface area contributed by atoms with E-state index in [9.17, 15) is 8.42 Å². The highest BCUT2D eigenvalue weighted by molar-refractivity contribution is 7.89. The molecule has 1 aromatic heterocycles. The first-order valence-electron chi connectivity index (χ1n) is 6.68. The van der Waals surface area contributed by atoms with Crippen LogP contribution in [0.25, 0.3) is 0 Å². The van der Waals surface area contributed by atoms with Crippen molar-refractivity contribution >= 4 is 27.2 Å². The van der Waals surface area contributed by atoms with Crippen LogP contribution in [0.3, 0.4) is 0 Å². The summed E-state index contributed by atoms with van der Waals surface area (Å²) in [5, 5.41) is 0. The summed E-state index contributed by atoms with van der Waals surface area (Å²) in [5.41, 5.74) is 5.87. The maximum atomic E-state index is 12.3. The number of sulfonamides is 1. The topological polar surface area (TPSA) is 85.1 Å². The van der Waals surface area contributed by atoms with Gasteiger partial charge in [0.2, 0.25) is 10.0 Å². The van der Waals surface area contributed by atoms with Gasteiger partial charge in [0.1, 0.15) is 9.88 Å². The van der Waals surface area contributed by atoms with Crippen LogP contribution in [0, 0.1) is 5.92 Å². The van der Waals surface area contributed by atoms with Crippen molar-refractivity contribution in [1.82, 2.24) is 9.71 Å². The van der Waals surface area contributed by atoms with E-state index in [0.717, 1.165) is 19.3 Å². The summed E-state index contributed by atoms with van der Waals surface area (Å²) in [7, 11) is -3.53. The Kier molecular flexibility index (Phi) is 4.72. The fraction of sp³-hybridized carbons (Fsp3) is 0.538. The molecule has 1 saturated carbocycles. The van der Waals surface area contributed by atoms with Crippen LogP contribution >= 0.6 is 12.2 Å². The molecule has 0 bridgehead atoms. The number of rotatable bonds is 4. The fourth-order valence-electron chi connectivity index (χ4n) is 2.44. The van der Waals surface area contributed by atoms with Crippen molar-refractivity contribution in [3.8, 4) is 0 Å². The van der Waals surface area contributed by atoms with Crippen molar-refractivity contribution in [1.29, 1.82) is 0 Å². The van der Waals surface area contributed by atoms with E-state index >= 15 is 0 Å². The van der Waals surface area contributed by atoms with Gasteiger partial charge in [-0.1, -0.05) is 32.0 Å². The lowest BCUT2D eigenvalue weighted by Gasteiger charge is -2.29. The first-order chi connectivity index (χ1) is 9.40. The lowest BCUT2D eigenvalue weighted by molar-refractivity contribution is 0.310. The second-order valence-corrected chi connectivity index (χ2v) is 7.39. The summed E-state index contributed by atoms with van der Waals surface area (Å²) in [4.78, 5) is 4.28. The third-order valence-corrected chi connectivity index (χ3v) is 5.40. The maximum absolute atomic E-state index is 12.3. The summed E-state index contributed by atoms with van der Waals surface area (Å²) in [6.07, 6.45) is 5.48. The molecule has 1 aromatic rings. The Labute approximate surface area is 125 Å². The molecule has 0 radical (unpaired) electrons. The molecule has 0 amide bonds. The summed E-state index contributed by atoms with van der Waals surface area (Å²) in [6, 6.07) is 3.02. The molecule has 7 heteroatoms. The normalized spacial score (nSPS) is 23.4. The zero-order valence-electron chi connectivity index (χ0n) is 11.4. The van der Waals surface area contributed by atoms with Crippen LogP contribution < -0.4 is 10.5 Å². The van der Waals surface area contributed by atoms with Gasteiger partial charge >= 0.3 is 0 Å². The van der Waals surface area contributed by atoms with Crippen molar-refractivity contribution in [3.05, 3.63) is 24.0 Å². The third kappa shape index (κ3) is 3.53. The Bertz CT molecular complexity index is 584. The van der Waals surface area contributed by atoms with Gasteiger partial charge in [0.25, 0.3) is 0 Å². The minimum absolute atomic E-state index is 0.00371. The van der Waals surface area contributed by atoms with E-state index < -0.39 is 10.0 Å². The number of nitrogens with one attached hydrogen (secondary N) is 1. The van der Waals surface area contributed by atoms with Gasteiger partial charge in [-0.05, 0) is 30.9 Å². The molecule has 0 aromatic carbocycles. The first-order valence-corrected chi connectivity index (χ1v) is 8.57. The maximum Gasteiger partial charge on any atom is 0.242 e. The number of thiocarbonyl (C=S) groups is 1. The van der Waals surface area contributed by atoms with E-state index in [2.05, 4.69) is 16.6 Å². The first kappa shape index (κ1) is 15.3. The fourth-order valence-corrected chi connectivity index (χ4v) is 3.89. The van der Waals surface area contributed by atoms with Gasteiger partial charge in [-0.25, -0.2) is 13.1 Å². The Hall–Kier alpha value is -1.05. The highest BCUT2D eigenvalue weighted by Gasteiger charge is 2.26. The molecule has 5 nitrogen and oxygen atoms in total. The van der Waals surface area contributed by atoms with Crippen LogP contribution in [0.1, 0.15) is 38.3 Å². The van der Waals surface area contributed by atoms with Gasteiger partial charge in [-0.15, -0.1) is 0 Å². The standard InChI is InChI=1S/C13H19N3O2S2/c1-9-4-2-3-5-11(9)16-20(17,18)10-6-7-12(13(14)19)15-8-10/h6-9,11,16H,2-5H2,1H3,(H2,14,19). The second-order valence-electron chi connectivity index (χ2n) is 5.23. The van der Waals surface area contributed by atoms with Gasteiger partial charge < -0.3 is 5.73 Å². The number of nitrogens with zero attached hydrogens (tertiary/aromatic N) is 1. The van der Waals surface area contributed by atoms with Gasteiger partial charge in [-0.3, -0.25) is 4.98 Å². The van der Waals surface area contributed by atoms with E-state index in [-0.39, 0.29) is 15.9 Å². The van der Waals surface area contributed by atoms with E-state index in [1.165, 1.54) is 24.8 Å². The molecule has 2 rings (SSSR count). The molecule has 2 unspecified atom stereocenters. The quantitative estimate of drug-likeness (QED) is 0.824. The SMILES string of the molecule is CC1CCCCC1NS(=O)(=O)c1ccc(C(N)=S)nc1. The van der Waals surface area contributed by atoms with Crippen LogP contribution in [0.4, 0.5) is 0 Å². The molecule has 1 aliphatic rings. The minimum atomic E-state index is -3.53. The zero-order chi connectivity index (χ0) is 14.8.